The van der Waals surface area contributed by atoms with Crippen LogP contribution >= 0.6 is 11.3 Å². The summed E-state index contributed by atoms with van der Waals surface area (Å²) in [5.74, 6) is 0.512. The zero-order valence-corrected chi connectivity index (χ0v) is 17.7. The van der Waals surface area contributed by atoms with Crippen LogP contribution in [0.2, 0.25) is 0 Å². The van der Waals surface area contributed by atoms with Gasteiger partial charge in [-0.1, -0.05) is 30.3 Å². The lowest BCUT2D eigenvalue weighted by Crippen LogP contribution is -2.49. The highest BCUT2D eigenvalue weighted by Crippen LogP contribution is 2.39. The van der Waals surface area contributed by atoms with Gasteiger partial charge in [0.2, 0.25) is 12.2 Å². The molecule has 3 rings (SSSR count). The molecule has 1 amide bonds. The maximum absolute atomic E-state index is 12.7. The molecule has 152 valence electrons. The standard InChI is InChI=1S/C22H27N5OS/c1-16-10-13-29-19(16)20(28)25-14-22(17-6-4-3-5-7-17)11-8-18(9-12-22)27-21(24-2)26-15-23/h3-7,10,13,18H,8-9,11-12,14H2,1-2H3,(H,25,28)(H2,24,26,27)/t18-,22-. The molecule has 0 saturated heterocycles. The quantitative estimate of drug-likeness (QED) is 0.401. The predicted octanol–water partition coefficient (Wildman–Crippen LogP) is 3.31. The van der Waals surface area contributed by atoms with Crippen molar-refractivity contribution in [2.45, 2.75) is 44.1 Å². The molecule has 1 saturated carbocycles. The predicted molar refractivity (Wildman–Crippen MR) is 117 cm³/mol. The zero-order valence-electron chi connectivity index (χ0n) is 16.9. The number of aryl methyl sites for hydroxylation is 1. The van der Waals surface area contributed by atoms with Crippen molar-refractivity contribution in [2.24, 2.45) is 4.99 Å². The molecule has 0 spiro atoms. The normalized spacial score (nSPS) is 21.8. The molecule has 0 radical (unpaired) electrons. The smallest absolute Gasteiger partial charge is 0.261 e. The molecular weight excluding hydrogens is 382 g/mol. The first-order chi connectivity index (χ1) is 14.1. The van der Waals surface area contributed by atoms with Gasteiger partial charge in [0.25, 0.3) is 5.91 Å². The first-order valence-electron chi connectivity index (χ1n) is 9.87. The van der Waals surface area contributed by atoms with Gasteiger partial charge in [-0.2, -0.15) is 5.26 Å². The van der Waals surface area contributed by atoms with Gasteiger partial charge in [-0.3, -0.25) is 4.79 Å². The van der Waals surface area contributed by atoms with Gasteiger partial charge in [0.1, 0.15) is 0 Å². The van der Waals surface area contributed by atoms with Crippen LogP contribution in [0.4, 0.5) is 0 Å². The third-order valence-corrected chi connectivity index (χ3v) is 6.74. The van der Waals surface area contributed by atoms with Crippen LogP contribution in [0, 0.1) is 18.4 Å². The molecule has 0 unspecified atom stereocenters. The minimum atomic E-state index is -0.0908. The molecule has 3 N–H and O–H groups in total. The van der Waals surface area contributed by atoms with E-state index in [1.807, 2.05) is 30.6 Å². The molecule has 1 aromatic carbocycles. The zero-order chi connectivity index (χ0) is 20.7. The van der Waals surface area contributed by atoms with Gasteiger partial charge in [-0.25, -0.2) is 0 Å². The number of thiophene rings is 1. The number of benzene rings is 1. The minimum Gasteiger partial charge on any atom is -0.359 e. The van der Waals surface area contributed by atoms with Gasteiger partial charge in [0.15, 0.2) is 0 Å². The summed E-state index contributed by atoms with van der Waals surface area (Å²) in [5.41, 5.74) is 2.19. The van der Waals surface area contributed by atoms with E-state index in [4.69, 9.17) is 5.26 Å². The van der Waals surface area contributed by atoms with Gasteiger partial charge < -0.3 is 16.0 Å². The number of hydrogen-bond donors (Lipinski definition) is 3. The fourth-order valence-corrected chi connectivity index (χ4v) is 4.85. The third kappa shape index (κ3) is 4.96. The highest BCUT2D eigenvalue weighted by molar-refractivity contribution is 7.12. The van der Waals surface area contributed by atoms with Crippen molar-refractivity contribution in [2.75, 3.05) is 13.6 Å². The molecule has 1 fully saturated rings. The summed E-state index contributed by atoms with van der Waals surface area (Å²) in [4.78, 5) is 17.3. The van der Waals surface area contributed by atoms with Crippen LogP contribution in [-0.4, -0.2) is 31.5 Å². The van der Waals surface area contributed by atoms with Crippen molar-refractivity contribution in [3.63, 3.8) is 0 Å². The van der Waals surface area contributed by atoms with Crippen LogP contribution in [-0.2, 0) is 5.41 Å². The molecule has 6 nitrogen and oxygen atoms in total. The molecule has 1 heterocycles. The first-order valence-corrected chi connectivity index (χ1v) is 10.7. The van der Waals surface area contributed by atoms with Crippen LogP contribution in [0.25, 0.3) is 0 Å². The van der Waals surface area contributed by atoms with E-state index < -0.39 is 0 Å². The SMILES string of the molecule is CN/C(=N\C#N)N[C@H]1CC[C@](CNC(=O)c2sccc2C)(c2ccccc2)CC1. The number of guanidine groups is 1. The second-order valence-electron chi connectivity index (χ2n) is 7.49. The number of amides is 1. The fourth-order valence-electron chi connectivity index (χ4n) is 4.01. The highest BCUT2D eigenvalue weighted by Gasteiger charge is 2.37. The van der Waals surface area contributed by atoms with E-state index in [1.165, 1.54) is 16.9 Å². The maximum Gasteiger partial charge on any atom is 0.261 e. The number of carbonyl (C=O) groups excluding carboxylic acids is 1. The molecule has 29 heavy (non-hydrogen) atoms. The number of nitriles is 1. The lowest BCUT2D eigenvalue weighted by atomic mass is 9.68. The van der Waals surface area contributed by atoms with Gasteiger partial charge >= 0.3 is 0 Å². The van der Waals surface area contributed by atoms with E-state index in [-0.39, 0.29) is 17.4 Å². The Kier molecular flexibility index (Phi) is 6.89. The molecule has 1 aromatic heterocycles. The second kappa shape index (κ2) is 9.57. The van der Waals surface area contributed by atoms with Crippen LogP contribution in [0.1, 0.15) is 46.5 Å². The molecule has 0 aliphatic heterocycles. The minimum absolute atomic E-state index is 0.00618. The average molecular weight is 410 g/mol. The summed E-state index contributed by atoms with van der Waals surface area (Å²) >= 11 is 1.48. The molecule has 7 heteroatoms. The number of hydrogen-bond acceptors (Lipinski definition) is 4. The first kappa shape index (κ1) is 20.9. The van der Waals surface area contributed by atoms with E-state index in [0.29, 0.717) is 12.5 Å². The summed E-state index contributed by atoms with van der Waals surface area (Å²) in [6.45, 7) is 2.59. The van der Waals surface area contributed by atoms with E-state index in [0.717, 1.165) is 36.1 Å². The van der Waals surface area contributed by atoms with E-state index in [9.17, 15) is 4.79 Å². The van der Waals surface area contributed by atoms with Crippen molar-refractivity contribution in [1.82, 2.24) is 16.0 Å². The molecule has 0 bridgehead atoms. The van der Waals surface area contributed by atoms with Crippen molar-refractivity contribution >= 4 is 23.2 Å². The molecule has 1 aliphatic rings. The van der Waals surface area contributed by atoms with Gasteiger partial charge in [-0.15, -0.1) is 16.3 Å². The molecule has 0 atom stereocenters. The fraction of sp³-hybridized carbons (Fsp3) is 0.409. The largest absolute Gasteiger partial charge is 0.359 e. The van der Waals surface area contributed by atoms with Gasteiger partial charge in [0, 0.05) is 25.0 Å². The van der Waals surface area contributed by atoms with Crippen LogP contribution in [0.5, 0.6) is 0 Å². The van der Waals surface area contributed by atoms with Gasteiger partial charge in [0.05, 0.1) is 4.88 Å². The lowest BCUT2D eigenvalue weighted by Gasteiger charge is -2.41. The Hall–Kier alpha value is -2.85. The molecule has 1 aliphatic carbocycles. The highest BCUT2D eigenvalue weighted by atomic mass is 32.1. The van der Waals surface area contributed by atoms with E-state index in [2.05, 4.69) is 45.2 Å². The van der Waals surface area contributed by atoms with E-state index in [1.54, 1.807) is 7.05 Å². The van der Waals surface area contributed by atoms with Crippen LogP contribution in [0.15, 0.2) is 46.8 Å². The summed E-state index contributed by atoms with van der Waals surface area (Å²) in [5, 5.41) is 20.2. The molecule has 2 aromatic rings. The maximum atomic E-state index is 12.7. The Bertz CT molecular complexity index is 891. The van der Waals surface area contributed by atoms with Crippen molar-refractivity contribution in [3.8, 4) is 6.19 Å². The second-order valence-corrected chi connectivity index (χ2v) is 8.41. The van der Waals surface area contributed by atoms with Crippen molar-refractivity contribution in [1.29, 1.82) is 5.26 Å². The molecular formula is C22H27N5OS. The summed E-state index contributed by atoms with van der Waals surface area (Å²) in [6, 6.07) is 12.7. The van der Waals surface area contributed by atoms with Crippen LogP contribution < -0.4 is 16.0 Å². The van der Waals surface area contributed by atoms with Crippen molar-refractivity contribution < 1.29 is 4.79 Å². The summed E-state index contributed by atoms with van der Waals surface area (Å²) < 4.78 is 0. The Balaban J connectivity index is 1.72. The topological polar surface area (TPSA) is 89.3 Å². The van der Waals surface area contributed by atoms with Crippen LogP contribution in [0.3, 0.4) is 0 Å². The van der Waals surface area contributed by atoms with E-state index >= 15 is 0 Å². The Morgan fingerprint density at radius 3 is 2.59 bits per heavy atom. The van der Waals surface area contributed by atoms with Gasteiger partial charge in [-0.05, 0) is 55.2 Å². The number of nitrogens with zero attached hydrogens (tertiary/aromatic N) is 2. The summed E-state index contributed by atoms with van der Waals surface area (Å²) in [6.07, 6.45) is 5.59. The Morgan fingerprint density at radius 2 is 2.00 bits per heavy atom. The van der Waals surface area contributed by atoms with Crippen molar-refractivity contribution in [3.05, 3.63) is 57.8 Å². The number of rotatable bonds is 5. The number of aliphatic imine (C=N–C) groups is 1. The third-order valence-electron chi connectivity index (χ3n) is 5.72. The average Bonchev–Trinajstić information content (AvgIpc) is 3.19. The lowest BCUT2D eigenvalue weighted by molar-refractivity contribution is 0.0938. The Labute approximate surface area is 176 Å². The monoisotopic (exact) mass is 409 g/mol. The number of nitrogens with one attached hydrogen (secondary N) is 3. The summed E-state index contributed by atoms with van der Waals surface area (Å²) in [7, 11) is 1.75. The number of carbonyl (C=O) groups is 1. The Morgan fingerprint density at radius 1 is 1.28 bits per heavy atom.